The fourth-order valence-corrected chi connectivity index (χ4v) is 4.40. The molecule has 1 amide bonds. The topological polar surface area (TPSA) is 105 Å². The number of carbonyl (C=O) groups excluding carboxylic acids is 1. The van der Waals surface area contributed by atoms with Crippen molar-refractivity contribution in [1.82, 2.24) is 19.4 Å². The van der Waals surface area contributed by atoms with Crippen LogP contribution in [-0.2, 0) is 16.6 Å². The molecule has 0 aliphatic carbocycles. The van der Waals surface area contributed by atoms with Gasteiger partial charge in [0.05, 0.1) is 17.1 Å². The zero-order valence-electron chi connectivity index (χ0n) is 18.7. The van der Waals surface area contributed by atoms with Crippen LogP contribution in [0.1, 0.15) is 43.7 Å². The Hall–Kier alpha value is -3.17. The highest BCUT2D eigenvalue weighted by Gasteiger charge is 2.19. The van der Waals surface area contributed by atoms with Crippen molar-refractivity contribution in [3.05, 3.63) is 71.7 Å². The molecule has 170 valence electrons. The predicted octanol–water partition coefficient (Wildman–Crippen LogP) is 3.33. The van der Waals surface area contributed by atoms with E-state index >= 15 is 0 Å². The molecule has 0 bridgehead atoms. The van der Waals surface area contributed by atoms with E-state index in [2.05, 4.69) is 20.3 Å². The molecule has 0 spiro atoms. The van der Waals surface area contributed by atoms with E-state index in [1.807, 2.05) is 54.9 Å². The second kappa shape index (κ2) is 9.97. The van der Waals surface area contributed by atoms with Crippen LogP contribution in [-0.4, -0.2) is 36.3 Å². The number of rotatable bonds is 9. The van der Waals surface area contributed by atoms with Gasteiger partial charge in [-0.05, 0) is 58.0 Å². The molecule has 3 aromatic rings. The molecule has 9 heteroatoms. The number of nitrogens with zero attached hydrogens (tertiary/aromatic N) is 2. The number of fused-ring (bicyclic) bond motifs is 1. The molecule has 0 aliphatic heterocycles. The van der Waals surface area contributed by atoms with Gasteiger partial charge in [-0.2, -0.15) is 0 Å². The fourth-order valence-electron chi connectivity index (χ4n) is 3.08. The van der Waals surface area contributed by atoms with E-state index in [0.717, 1.165) is 11.2 Å². The molecule has 2 aromatic heterocycles. The van der Waals surface area contributed by atoms with Gasteiger partial charge in [0.15, 0.2) is 0 Å². The van der Waals surface area contributed by atoms with E-state index in [-0.39, 0.29) is 29.0 Å². The van der Waals surface area contributed by atoms with Crippen LogP contribution in [0.15, 0.2) is 65.3 Å². The summed E-state index contributed by atoms with van der Waals surface area (Å²) >= 11 is 0. The number of allylic oxidation sites excluding steroid dienone is 1. The number of nitrogens with one attached hydrogen (secondary N) is 3. The average molecular weight is 456 g/mol. The highest BCUT2D eigenvalue weighted by Crippen LogP contribution is 2.20. The van der Waals surface area contributed by atoms with E-state index in [9.17, 15) is 13.2 Å². The van der Waals surface area contributed by atoms with Crippen LogP contribution >= 0.6 is 0 Å². The lowest BCUT2D eigenvalue weighted by Crippen LogP contribution is -2.31. The molecule has 0 aliphatic rings. The normalized spacial score (nSPS) is 11.5. The molecule has 3 N–H and O–H groups in total. The van der Waals surface area contributed by atoms with Gasteiger partial charge in [0, 0.05) is 36.2 Å². The molecule has 2 heterocycles. The lowest BCUT2D eigenvalue weighted by Gasteiger charge is -2.14. The van der Waals surface area contributed by atoms with Gasteiger partial charge in [-0.1, -0.05) is 17.7 Å². The quantitative estimate of drug-likeness (QED) is 0.429. The minimum Gasteiger partial charge on any atom is -0.382 e. The minimum absolute atomic E-state index is 0.0336. The van der Waals surface area contributed by atoms with Crippen molar-refractivity contribution in [3.63, 3.8) is 0 Å². The monoisotopic (exact) mass is 455 g/mol. The molecule has 8 nitrogen and oxygen atoms in total. The van der Waals surface area contributed by atoms with E-state index in [1.54, 1.807) is 19.9 Å². The Labute approximate surface area is 188 Å². The molecule has 0 saturated carbocycles. The van der Waals surface area contributed by atoms with Crippen LogP contribution in [0.4, 0.5) is 5.69 Å². The third kappa shape index (κ3) is 6.18. The molecular weight excluding hydrogens is 426 g/mol. The van der Waals surface area contributed by atoms with Gasteiger partial charge in [0.2, 0.25) is 10.0 Å². The van der Waals surface area contributed by atoms with Crippen molar-refractivity contribution in [1.29, 1.82) is 0 Å². The van der Waals surface area contributed by atoms with E-state index < -0.39 is 10.0 Å². The Morgan fingerprint density at radius 1 is 1.19 bits per heavy atom. The summed E-state index contributed by atoms with van der Waals surface area (Å²) in [6.07, 6.45) is 5.71. The van der Waals surface area contributed by atoms with E-state index in [1.165, 1.54) is 12.1 Å². The minimum atomic E-state index is -3.76. The number of benzene rings is 1. The maximum atomic E-state index is 12.9. The van der Waals surface area contributed by atoms with Crippen LogP contribution < -0.4 is 15.4 Å². The van der Waals surface area contributed by atoms with Crippen molar-refractivity contribution < 1.29 is 13.2 Å². The van der Waals surface area contributed by atoms with Gasteiger partial charge in [-0.3, -0.25) is 4.79 Å². The summed E-state index contributed by atoms with van der Waals surface area (Å²) in [5.41, 5.74) is 3.42. The second-order valence-electron chi connectivity index (χ2n) is 8.07. The number of anilines is 1. The number of sulfonamides is 1. The van der Waals surface area contributed by atoms with Crippen molar-refractivity contribution in [2.45, 2.75) is 45.2 Å². The maximum absolute atomic E-state index is 12.9. The Morgan fingerprint density at radius 3 is 2.66 bits per heavy atom. The number of aromatic nitrogens is 2. The molecule has 0 unspecified atom stereocenters. The first kappa shape index (κ1) is 23.5. The maximum Gasteiger partial charge on any atom is 0.251 e. The lowest BCUT2D eigenvalue weighted by molar-refractivity contribution is 0.0950. The first-order chi connectivity index (χ1) is 15.1. The van der Waals surface area contributed by atoms with Crippen molar-refractivity contribution in [3.8, 4) is 0 Å². The number of imidazole rings is 1. The molecule has 0 saturated heterocycles. The third-order valence-electron chi connectivity index (χ3n) is 4.53. The average Bonchev–Trinajstić information content (AvgIpc) is 3.13. The number of hydrogen-bond acceptors (Lipinski definition) is 5. The van der Waals surface area contributed by atoms with Gasteiger partial charge < -0.3 is 15.0 Å². The zero-order valence-corrected chi connectivity index (χ0v) is 19.5. The summed E-state index contributed by atoms with van der Waals surface area (Å²) < 4.78 is 29.9. The first-order valence-electron chi connectivity index (χ1n) is 10.4. The van der Waals surface area contributed by atoms with E-state index in [4.69, 9.17) is 0 Å². The molecule has 32 heavy (non-hydrogen) atoms. The number of pyridine rings is 1. The summed E-state index contributed by atoms with van der Waals surface area (Å²) in [7, 11) is -3.76. The van der Waals surface area contributed by atoms with Crippen LogP contribution in [0.5, 0.6) is 0 Å². The standard InChI is InChI=1S/C23H29N5O3S/c1-16(2)8-9-24-19-11-18(12-21(13-19)32(30,31)27-17(3)4)23(29)25-14-20-15-28-10-6-5-7-22(28)26-20/h5-8,10-13,15,17,24,27H,9,14H2,1-4H3,(H,25,29). The highest BCUT2D eigenvalue weighted by molar-refractivity contribution is 7.89. The SMILES string of the molecule is CC(C)=CCNc1cc(C(=O)NCc2cn3ccccc3n2)cc(S(=O)(=O)NC(C)C)c1. The van der Waals surface area contributed by atoms with Crippen molar-refractivity contribution >= 4 is 27.3 Å². The van der Waals surface area contributed by atoms with Crippen LogP contribution in [0.2, 0.25) is 0 Å². The van der Waals surface area contributed by atoms with Crippen molar-refractivity contribution in [2.75, 3.05) is 11.9 Å². The molecule has 1 aromatic carbocycles. The van der Waals surface area contributed by atoms with Crippen LogP contribution in [0.25, 0.3) is 5.65 Å². The van der Waals surface area contributed by atoms with Gasteiger partial charge in [-0.25, -0.2) is 18.1 Å². The Kier molecular flexibility index (Phi) is 7.32. The summed E-state index contributed by atoms with van der Waals surface area (Å²) in [6, 6.07) is 9.97. The molecule has 3 rings (SSSR count). The summed E-state index contributed by atoms with van der Waals surface area (Å²) in [6.45, 7) is 8.20. The van der Waals surface area contributed by atoms with E-state index in [0.29, 0.717) is 17.9 Å². The number of amides is 1. The number of hydrogen-bond donors (Lipinski definition) is 3. The Bertz CT molecular complexity index is 1210. The van der Waals surface area contributed by atoms with Crippen LogP contribution in [0, 0.1) is 0 Å². The van der Waals surface area contributed by atoms with Crippen LogP contribution in [0.3, 0.4) is 0 Å². The van der Waals surface area contributed by atoms with Gasteiger partial charge in [0.25, 0.3) is 5.91 Å². The lowest BCUT2D eigenvalue weighted by atomic mass is 10.2. The molecule has 0 fully saturated rings. The third-order valence-corrected chi connectivity index (χ3v) is 6.17. The van der Waals surface area contributed by atoms with Crippen molar-refractivity contribution in [2.24, 2.45) is 0 Å². The number of carbonyl (C=O) groups is 1. The predicted molar refractivity (Wildman–Crippen MR) is 126 cm³/mol. The Morgan fingerprint density at radius 2 is 1.97 bits per heavy atom. The van der Waals surface area contributed by atoms with Gasteiger partial charge in [0.1, 0.15) is 5.65 Å². The molecule has 0 radical (unpaired) electrons. The largest absolute Gasteiger partial charge is 0.382 e. The summed E-state index contributed by atoms with van der Waals surface area (Å²) in [4.78, 5) is 17.4. The molecular formula is C23H29N5O3S. The fraction of sp³-hybridized carbons (Fsp3) is 0.304. The Balaban J connectivity index is 1.84. The van der Waals surface area contributed by atoms with Gasteiger partial charge >= 0.3 is 0 Å². The molecule has 0 atom stereocenters. The second-order valence-corrected chi connectivity index (χ2v) is 9.78. The smallest absolute Gasteiger partial charge is 0.251 e. The summed E-state index contributed by atoms with van der Waals surface area (Å²) in [5.74, 6) is -0.381. The first-order valence-corrected chi connectivity index (χ1v) is 11.9. The summed E-state index contributed by atoms with van der Waals surface area (Å²) in [5, 5.41) is 5.99. The highest BCUT2D eigenvalue weighted by atomic mass is 32.2. The van der Waals surface area contributed by atoms with Gasteiger partial charge in [-0.15, -0.1) is 0 Å². The zero-order chi connectivity index (χ0) is 23.3.